The SMILES string of the molecule is CCCCCCCCCC=CCCC=CC(O)C(CO)NC(=O)CCCCCCCCCCCCCCCCCC. The van der Waals surface area contributed by atoms with E-state index in [1.807, 2.05) is 6.08 Å². The van der Waals surface area contributed by atoms with Crippen LogP contribution in [-0.2, 0) is 4.79 Å². The van der Waals surface area contributed by atoms with Crippen molar-refractivity contribution in [1.29, 1.82) is 0 Å². The Bertz CT molecular complexity index is 589. The third-order valence-electron chi connectivity index (χ3n) is 8.19. The minimum Gasteiger partial charge on any atom is -0.394 e. The molecule has 0 spiro atoms. The molecular weight excluding hydrogens is 506 g/mol. The summed E-state index contributed by atoms with van der Waals surface area (Å²) in [6.07, 6.45) is 41.2. The van der Waals surface area contributed by atoms with E-state index in [2.05, 4.69) is 31.3 Å². The van der Waals surface area contributed by atoms with Crippen LogP contribution >= 0.6 is 0 Å². The molecule has 0 aliphatic heterocycles. The minimum absolute atomic E-state index is 0.0739. The van der Waals surface area contributed by atoms with Gasteiger partial charge in [-0.3, -0.25) is 4.79 Å². The maximum absolute atomic E-state index is 12.3. The van der Waals surface area contributed by atoms with Crippen LogP contribution < -0.4 is 5.32 Å². The Labute approximate surface area is 256 Å². The fraction of sp³-hybridized carbons (Fsp3) is 0.865. The predicted octanol–water partition coefficient (Wildman–Crippen LogP) is 10.5. The van der Waals surface area contributed by atoms with E-state index in [1.165, 1.54) is 135 Å². The number of amides is 1. The molecule has 3 N–H and O–H groups in total. The largest absolute Gasteiger partial charge is 0.394 e. The van der Waals surface area contributed by atoms with Crippen molar-refractivity contribution in [3.05, 3.63) is 24.3 Å². The molecule has 0 heterocycles. The minimum atomic E-state index is -0.855. The molecule has 1 amide bonds. The van der Waals surface area contributed by atoms with Gasteiger partial charge >= 0.3 is 0 Å². The first kappa shape index (κ1) is 39.9. The monoisotopic (exact) mass is 578 g/mol. The second-order valence-corrected chi connectivity index (χ2v) is 12.3. The number of nitrogens with one attached hydrogen (secondary N) is 1. The number of aliphatic hydroxyl groups is 2. The zero-order chi connectivity index (χ0) is 30.1. The molecule has 242 valence electrons. The standard InChI is InChI=1S/C37H71NO3/c1-3-5-7-9-11-13-15-17-18-19-21-23-25-27-29-31-33-37(41)38-35(34-39)36(40)32-30-28-26-24-22-20-16-14-12-10-8-6-4-2/h22,24,30,32,35-36,39-40H,3-21,23,25-29,31,33-34H2,1-2H3,(H,38,41). The summed E-state index contributed by atoms with van der Waals surface area (Å²) in [5.41, 5.74) is 0. The normalized spacial score (nSPS) is 13.4. The first-order chi connectivity index (χ1) is 20.2. The van der Waals surface area contributed by atoms with Crippen molar-refractivity contribution < 1.29 is 15.0 Å². The van der Waals surface area contributed by atoms with Crippen LogP contribution in [-0.4, -0.2) is 34.9 Å². The molecule has 4 nitrogen and oxygen atoms in total. The maximum Gasteiger partial charge on any atom is 0.220 e. The molecule has 0 saturated carbocycles. The number of hydrogen-bond donors (Lipinski definition) is 3. The van der Waals surface area contributed by atoms with Gasteiger partial charge in [-0.15, -0.1) is 0 Å². The van der Waals surface area contributed by atoms with Crippen molar-refractivity contribution in [1.82, 2.24) is 5.32 Å². The number of hydrogen-bond acceptors (Lipinski definition) is 3. The van der Waals surface area contributed by atoms with Crippen LogP contribution in [0.2, 0.25) is 0 Å². The lowest BCUT2D eigenvalue weighted by Gasteiger charge is -2.19. The van der Waals surface area contributed by atoms with E-state index in [9.17, 15) is 15.0 Å². The van der Waals surface area contributed by atoms with Gasteiger partial charge in [-0.25, -0.2) is 0 Å². The lowest BCUT2D eigenvalue weighted by Crippen LogP contribution is -2.45. The summed E-state index contributed by atoms with van der Waals surface area (Å²) in [5.74, 6) is -0.0739. The molecule has 0 aliphatic rings. The third-order valence-corrected chi connectivity index (χ3v) is 8.19. The van der Waals surface area contributed by atoms with Gasteiger partial charge in [-0.2, -0.15) is 0 Å². The maximum atomic E-state index is 12.3. The van der Waals surface area contributed by atoms with Gasteiger partial charge in [-0.05, 0) is 32.1 Å². The van der Waals surface area contributed by atoms with E-state index < -0.39 is 12.1 Å². The van der Waals surface area contributed by atoms with E-state index in [-0.39, 0.29) is 12.5 Å². The lowest BCUT2D eigenvalue weighted by atomic mass is 10.0. The lowest BCUT2D eigenvalue weighted by molar-refractivity contribution is -0.123. The number of rotatable bonds is 32. The van der Waals surface area contributed by atoms with Crippen LogP contribution in [0, 0.1) is 0 Å². The van der Waals surface area contributed by atoms with Gasteiger partial charge in [0.25, 0.3) is 0 Å². The Morgan fingerprint density at radius 3 is 1.41 bits per heavy atom. The predicted molar refractivity (Wildman–Crippen MR) is 179 cm³/mol. The fourth-order valence-electron chi connectivity index (χ4n) is 5.37. The number of allylic oxidation sites excluding steroid dienone is 3. The Morgan fingerprint density at radius 1 is 0.561 bits per heavy atom. The van der Waals surface area contributed by atoms with Crippen LogP contribution in [0.25, 0.3) is 0 Å². The van der Waals surface area contributed by atoms with Crippen molar-refractivity contribution in [3.63, 3.8) is 0 Å². The molecule has 2 unspecified atom stereocenters. The zero-order valence-corrected chi connectivity index (χ0v) is 27.6. The first-order valence-electron chi connectivity index (χ1n) is 18.1. The number of carbonyl (C=O) groups excluding carboxylic acids is 1. The highest BCUT2D eigenvalue weighted by Gasteiger charge is 2.17. The molecule has 0 saturated heterocycles. The molecule has 0 rings (SSSR count). The molecule has 0 radical (unpaired) electrons. The number of unbranched alkanes of at least 4 members (excludes halogenated alkanes) is 23. The van der Waals surface area contributed by atoms with E-state index in [0.29, 0.717) is 6.42 Å². The number of aliphatic hydroxyl groups excluding tert-OH is 2. The van der Waals surface area contributed by atoms with Crippen molar-refractivity contribution in [2.45, 2.75) is 199 Å². The van der Waals surface area contributed by atoms with E-state index in [1.54, 1.807) is 6.08 Å². The van der Waals surface area contributed by atoms with Crippen LogP contribution in [0.5, 0.6) is 0 Å². The Morgan fingerprint density at radius 2 is 0.951 bits per heavy atom. The quantitative estimate of drug-likeness (QED) is 0.0550. The second kappa shape index (κ2) is 33.4. The van der Waals surface area contributed by atoms with Crippen molar-refractivity contribution >= 4 is 5.91 Å². The molecule has 41 heavy (non-hydrogen) atoms. The van der Waals surface area contributed by atoms with E-state index >= 15 is 0 Å². The highest BCUT2D eigenvalue weighted by Crippen LogP contribution is 2.14. The van der Waals surface area contributed by atoms with Gasteiger partial charge in [0.15, 0.2) is 0 Å². The molecule has 0 aromatic carbocycles. The third kappa shape index (κ3) is 30.1. The number of carbonyl (C=O) groups is 1. The first-order valence-corrected chi connectivity index (χ1v) is 18.1. The molecule has 2 atom stereocenters. The molecule has 0 aromatic rings. The fourth-order valence-corrected chi connectivity index (χ4v) is 5.37. The van der Waals surface area contributed by atoms with Crippen LogP contribution in [0.15, 0.2) is 24.3 Å². The van der Waals surface area contributed by atoms with Gasteiger partial charge in [-0.1, -0.05) is 173 Å². The summed E-state index contributed by atoms with van der Waals surface area (Å²) >= 11 is 0. The van der Waals surface area contributed by atoms with Gasteiger partial charge in [0.1, 0.15) is 0 Å². The van der Waals surface area contributed by atoms with Gasteiger partial charge in [0, 0.05) is 6.42 Å². The van der Waals surface area contributed by atoms with Crippen LogP contribution in [0.4, 0.5) is 0 Å². The topological polar surface area (TPSA) is 69.6 Å². The molecule has 0 aromatic heterocycles. The van der Waals surface area contributed by atoms with Gasteiger partial charge in [0.05, 0.1) is 18.8 Å². The summed E-state index contributed by atoms with van der Waals surface area (Å²) < 4.78 is 0. The smallest absolute Gasteiger partial charge is 0.220 e. The van der Waals surface area contributed by atoms with Crippen LogP contribution in [0.3, 0.4) is 0 Å². The summed E-state index contributed by atoms with van der Waals surface area (Å²) in [7, 11) is 0. The summed E-state index contributed by atoms with van der Waals surface area (Å²) in [6.45, 7) is 4.28. The van der Waals surface area contributed by atoms with Crippen molar-refractivity contribution in [2.24, 2.45) is 0 Å². The summed E-state index contributed by atoms with van der Waals surface area (Å²) in [4.78, 5) is 12.3. The highest BCUT2D eigenvalue weighted by molar-refractivity contribution is 5.76. The second-order valence-electron chi connectivity index (χ2n) is 12.3. The van der Waals surface area contributed by atoms with Gasteiger partial charge in [0.2, 0.25) is 5.91 Å². The average molecular weight is 578 g/mol. The summed E-state index contributed by atoms with van der Waals surface area (Å²) in [5, 5.41) is 22.8. The molecule has 0 aliphatic carbocycles. The van der Waals surface area contributed by atoms with Crippen molar-refractivity contribution in [2.75, 3.05) is 6.61 Å². The molecule has 0 fully saturated rings. The Hall–Kier alpha value is -1.13. The highest BCUT2D eigenvalue weighted by atomic mass is 16.3. The molecule has 4 heteroatoms. The Balaban J connectivity index is 3.64. The van der Waals surface area contributed by atoms with E-state index in [4.69, 9.17) is 0 Å². The average Bonchev–Trinajstić information content (AvgIpc) is 2.97. The van der Waals surface area contributed by atoms with Crippen LogP contribution in [0.1, 0.15) is 187 Å². The molecule has 0 bridgehead atoms. The van der Waals surface area contributed by atoms with Crippen molar-refractivity contribution in [3.8, 4) is 0 Å². The molecular formula is C37H71NO3. The summed E-state index contributed by atoms with van der Waals surface area (Å²) in [6, 6.07) is -0.632. The Kier molecular flexibility index (Phi) is 32.5. The van der Waals surface area contributed by atoms with E-state index in [0.717, 1.165) is 32.1 Å². The zero-order valence-electron chi connectivity index (χ0n) is 27.6. The van der Waals surface area contributed by atoms with Gasteiger partial charge < -0.3 is 15.5 Å².